The molecular weight excluding hydrogens is 266 g/mol. The molecule has 90 valence electrons. The van der Waals surface area contributed by atoms with E-state index >= 15 is 0 Å². The number of rotatable bonds is 7. The summed E-state index contributed by atoms with van der Waals surface area (Å²) >= 11 is 3.37. The van der Waals surface area contributed by atoms with Crippen molar-refractivity contribution in [3.8, 4) is 5.75 Å². The Morgan fingerprint density at radius 3 is 2.62 bits per heavy atom. The minimum absolute atomic E-state index is 0.697. The van der Waals surface area contributed by atoms with Gasteiger partial charge in [-0.25, -0.2) is 0 Å². The highest BCUT2D eigenvalue weighted by Gasteiger charge is 2.00. The van der Waals surface area contributed by atoms with Crippen LogP contribution in [0.2, 0.25) is 0 Å². The van der Waals surface area contributed by atoms with Crippen LogP contribution in [0, 0.1) is 0 Å². The number of ether oxygens (including phenoxy) is 1. The quantitative estimate of drug-likeness (QED) is 0.596. The van der Waals surface area contributed by atoms with Gasteiger partial charge in [-0.15, -0.1) is 0 Å². The standard InChI is InChI=1S/C13H20BrNO/c1-2-3-4-5-6-9-16-13-8-7-11(14)10-12(13)15/h7-8,10H,2-6,9,15H2,1H3. The van der Waals surface area contributed by atoms with Gasteiger partial charge in [0.25, 0.3) is 0 Å². The number of benzene rings is 1. The largest absolute Gasteiger partial charge is 0.491 e. The molecule has 0 saturated carbocycles. The number of nitrogen functional groups attached to an aromatic ring is 1. The molecule has 16 heavy (non-hydrogen) atoms. The molecule has 0 aliphatic rings. The van der Waals surface area contributed by atoms with Crippen molar-refractivity contribution in [3.63, 3.8) is 0 Å². The fourth-order valence-corrected chi connectivity index (χ4v) is 1.92. The average molecular weight is 286 g/mol. The van der Waals surface area contributed by atoms with Crippen LogP contribution in [0.15, 0.2) is 22.7 Å². The minimum atomic E-state index is 0.697. The van der Waals surface area contributed by atoms with Crippen molar-refractivity contribution in [2.75, 3.05) is 12.3 Å². The summed E-state index contributed by atoms with van der Waals surface area (Å²) in [5.41, 5.74) is 6.53. The van der Waals surface area contributed by atoms with E-state index in [1.807, 2.05) is 18.2 Å². The Hall–Kier alpha value is -0.700. The number of anilines is 1. The first-order chi connectivity index (χ1) is 7.74. The fourth-order valence-electron chi connectivity index (χ4n) is 1.54. The highest BCUT2D eigenvalue weighted by Crippen LogP contribution is 2.25. The van der Waals surface area contributed by atoms with Gasteiger partial charge in [0.2, 0.25) is 0 Å². The number of unbranched alkanes of at least 4 members (excludes halogenated alkanes) is 4. The third kappa shape index (κ3) is 4.88. The van der Waals surface area contributed by atoms with E-state index in [0.29, 0.717) is 5.69 Å². The summed E-state index contributed by atoms with van der Waals surface area (Å²) in [7, 11) is 0. The summed E-state index contributed by atoms with van der Waals surface area (Å²) < 4.78 is 6.61. The van der Waals surface area contributed by atoms with Crippen molar-refractivity contribution in [2.45, 2.75) is 39.0 Å². The summed E-state index contributed by atoms with van der Waals surface area (Å²) in [6.45, 7) is 2.98. The molecular formula is C13H20BrNO. The zero-order valence-corrected chi connectivity index (χ0v) is 11.4. The Bertz CT molecular complexity index is 315. The second-order valence-electron chi connectivity index (χ2n) is 3.94. The highest BCUT2D eigenvalue weighted by atomic mass is 79.9. The number of hydrogen-bond donors (Lipinski definition) is 1. The van der Waals surface area contributed by atoms with E-state index in [9.17, 15) is 0 Å². The summed E-state index contributed by atoms with van der Waals surface area (Å²) in [6.07, 6.45) is 6.25. The maximum absolute atomic E-state index is 5.83. The van der Waals surface area contributed by atoms with E-state index in [0.717, 1.165) is 23.2 Å². The Balaban J connectivity index is 2.21. The molecule has 2 nitrogen and oxygen atoms in total. The van der Waals surface area contributed by atoms with Gasteiger partial charge in [-0.2, -0.15) is 0 Å². The lowest BCUT2D eigenvalue weighted by Crippen LogP contribution is -2.00. The molecule has 0 aliphatic heterocycles. The predicted octanol–water partition coefficient (Wildman–Crippen LogP) is 4.38. The Kier molecular flexibility index (Phi) is 6.31. The number of nitrogens with two attached hydrogens (primary N) is 1. The van der Waals surface area contributed by atoms with Crippen molar-refractivity contribution in [2.24, 2.45) is 0 Å². The van der Waals surface area contributed by atoms with Crippen molar-refractivity contribution < 1.29 is 4.74 Å². The first-order valence-corrected chi connectivity index (χ1v) is 6.71. The smallest absolute Gasteiger partial charge is 0.142 e. The molecule has 0 spiro atoms. The van der Waals surface area contributed by atoms with Crippen LogP contribution in [0.25, 0.3) is 0 Å². The van der Waals surface area contributed by atoms with Crippen LogP contribution in [0.1, 0.15) is 39.0 Å². The van der Waals surface area contributed by atoms with Gasteiger partial charge in [0, 0.05) is 4.47 Å². The molecule has 1 aromatic rings. The van der Waals surface area contributed by atoms with Gasteiger partial charge < -0.3 is 10.5 Å². The molecule has 0 aliphatic carbocycles. The van der Waals surface area contributed by atoms with Crippen molar-refractivity contribution >= 4 is 21.6 Å². The van der Waals surface area contributed by atoms with Crippen molar-refractivity contribution in [3.05, 3.63) is 22.7 Å². The Labute approximate surface area is 106 Å². The number of hydrogen-bond acceptors (Lipinski definition) is 2. The lowest BCUT2D eigenvalue weighted by Gasteiger charge is -2.08. The molecule has 3 heteroatoms. The van der Waals surface area contributed by atoms with E-state index < -0.39 is 0 Å². The molecule has 0 amide bonds. The Morgan fingerprint density at radius 2 is 1.94 bits per heavy atom. The molecule has 0 saturated heterocycles. The van der Waals surface area contributed by atoms with Crippen molar-refractivity contribution in [1.82, 2.24) is 0 Å². The molecule has 1 aromatic carbocycles. The van der Waals surface area contributed by atoms with Gasteiger partial charge in [0.05, 0.1) is 12.3 Å². The monoisotopic (exact) mass is 285 g/mol. The minimum Gasteiger partial charge on any atom is -0.491 e. The lowest BCUT2D eigenvalue weighted by atomic mass is 10.2. The molecule has 0 bridgehead atoms. The van der Waals surface area contributed by atoms with E-state index in [4.69, 9.17) is 10.5 Å². The van der Waals surface area contributed by atoms with E-state index in [1.165, 1.54) is 25.7 Å². The topological polar surface area (TPSA) is 35.2 Å². The molecule has 0 unspecified atom stereocenters. The molecule has 1 rings (SSSR count). The molecule has 0 atom stereocenters. The molecule has 0 aromatic heterocycles. The summed E-state index contributed by atoms with van der Waals surface area (Å²) in [4.78, 5) is 0. The zero-order valence-electron chi connectivity index (χ0n) is 9.84. The third-order valence-electron chi connectivity index (χ3n) is 2.48. The van der Waals surface area contributed by atoms with Crippen LogP contribution < -0.4 is 10.5 Å². The first kappa shape index (κ1) is 13.4. The zero-order chi connectivity index (χ0) is 11.8. The Morgan fingerprint density at radius 1 is 1.19 bits per heavy atom. The van der Waals surface area contributed by atoms with Crippen molar-refractivity contribution in [1.29, 1.82) is 0 Å². The van der Waals surface area contributed by atoms with Gasteiger partial charge in [-0.1, -0.05) is 48.5 Å². The van der Waals surface area contributed by atoms with Gasteiger partial charge in [0.15, 0.2) is 0 Å². The summed E-state index contributed by atoms with van der Waals surface area (Å²) in [5.74, 6) is 0.790. The second kappa shape index (κ2) is 7.55. The maximum atomic E-state index is 5.83. The lowest BCUT2D eigenvalue weighted by molar-refractivity contribution is 0.306. The summed E-state index contributed by atoms with van der Waals surface area (Å²) in [6, 6.07) is 5.72. The predicted molar refractivity (Wildman–Crippen MR) is 72.8 cm³/mol. The first-order valence-electron chi connectivity index (χ1n) is 5.92. The van der Waals surface area contributed by atoms with Crippen LogP contribution in [0.4, 0.5) is 5.69 Å². The van der Waals surface area contributed by atoms with Gasteiger partial charge in [-0.3, -0.25) is 0 Å². The van der Waals surface area contributed by atoms with E-state index in [2.05, 4.69) is 22.9 Å². The number of halogens is 1. The van der Waals surface area contributed by atoms with Crippen LogP contribution in [-0.4, -0.2) is 6.61 Å². The maximum Gasteiger partial charge on any atom is 0.142 e. The van der Waals surface area contributed by atoms with E-state index in [-0.39, 0.29) is 0 Å². The van der Waals surface area contributed by atoms with Gasteiger partial charge in [0.1, 0.15) is 5.75 Å². The molecule has 0 heterocycles. The van der Waals surface area contributed by atoms with Crippen LogP contribution in [-0.2, 0) is 0 Å². The normalized spacial score (nSPS) is 10.4. The molecule has 2 N–H and O–H groups in total. The van der Waals surface area contributed by atoms with Gasteiger partial charge in [-0.05, 0) is 24.6 Å². The van der Waals surface area contributed by atoms with E-state index in [1.54, 1.807) is 0 Å². The molecule has 0 fully saturated rings. The highest BCUT2D eigenvalue weighted by molar-refractivity contribution is 9.10. The SMILES string of the molecule is CCCCCCCOc1ccc(Br)cc1N. The van der Waals surface area contributed by atoms with Crippen LogP contribution in [0.3, 0.4) is 0 Å². The third-order valence-corrected chi connectivity index (χ3v) is 2.97. The fraction of sp³-hybridized carbons (Fsp3) is 0.538. The summed E-state index contributed by atoms with van der Waals surface area (Å²) in [5, 5.41) is 0. The molecule has 0 radical (unpaired) electrons. The average Bonchev–Trinajstić information content (AvgIpc) is 2.26. The second-order valence-corrected chi connectivity index (χ2v) is 4.86. The van der Waals surface area contributed by atoms with Gasteiger partial charge >= 0.3 is 0 Å². The van der Waals surface area contributed by atoms with Crippen LogP contribution >= 0.6 is 15.9 Å². The van der Waals surface area contributed by atoms with Crippen LogP contribution in [0.5, 0.6) is 5.75 Å².